The predicted octanol–water partition coefficient (Wildman–Crippen LogP) is 4.11. The number of likely N-dealkylation sites (tertiary alicyclic amines) is 1. The molecular formula is C26H28N4O. The molecule has 158 valence electrons. The van der Waals surface area contributed by atoms with E-state index in [4.69, 9.17) is 5.73 Å². The van der Waals surface area contributed by atoms with E-state index in [1.165, 1.54) is 16.7 Å². The molecule has 1 aliphatic heterocycles. The smallest absolute Gasteiger partial charge is 0.150 e. The van der Waals surface area contributed by atoms with E-state index in [0.717, 1.165) is 67.1 Å². The number of aromatic nitrogens is 2. The molecule has 5 rings (SSSR count). The number of para-hydroxylation sites is 1. The molecule has 3 N–H and O–H groups in total. The zero-order chi connectivity index (χ0) is 21.2. The second kappa shape index (κ2) is 8.61. The van der Waals surface area contributed by atoms with Crippen molar-refractivity contribution >= 4 is 27.6 Å². The molecule has 0 aliphatic carbocycles. The number of hydrogen-bond acceptors (Lipinski definition) is 5. The topological polar surface area (TPSA) is 75.3 Å². The Morgan fingerprint density at radius 1 is 0.935 bits per heavy atom. The van der Waals surface area contributed by atoms with Crippen LogP contribution in [0.4, 0.5) is 5.82 Å². The summed E-state index contributed by atoms with van der Waals surface area (Å²) in [6.07, 6.45) is 5.37. The van der Waals surface area contributed by atoms with Gasteiger partial charge in [0, 0.05) is 36.6 Å². The summed E-state index contributed by atoms with van der Waals surface area (Å²) in [5.41, 5.74) is 11.8. The standard InChI is InChI=1S/C26H28N4O/c27-26-25-24(22-3-1-2-4-23(22)29-26)20(11-14-28-25)10-9-18-5-7-19(8-6-18)17-30-15-12-21(31)13-16-30/h1-8,11,14,21,31H,9-10,12-13,15-17H2,(H2,27,29). The van der Waals surface area contributed by atoms with Crippen LogP contribution in [0.1, 0.15) is 29.5 Å². The fraction of sp³-hybridized carbons (Fsp3) is 0.308. The molecule has 0 saturated carbocycles. The van der Waals surface area contributed by atoms with Crippen LogP contribution < -0.4 is 5.73 Å². The quantitative estimate of drug-likeness (QED) is 0.483. The lowest BCUT2D eigenvalue weighted by atomic mass is 9.98. The van der Waals surface area contributed by atoms with Gasteiger partial charge in [-0.05, 0) is 54.5 Å². The Balaban J connectivity index is 1.33. The molecule has 4 aromatic rings. The molecule has 0 bridgehead atoms. The fourth-order valence-electron chi connectivity index (χ4n) is 4.60. The molecule has 0 atom stereocenters. The Kier molecular flexibility index (Phi) is 5.53. The maximum Gasteiger partial charge on any atom is 0.150 e. The van der Waals surface area contributed by atoms with Crippen molar-refractivity contribution in [3.63, 3.8) is 0 Å². The molecule has 0 spiro atoms. The van der Waals surface area contributed by atoms with Gasteiger partial charge in [-0.3, -0.25) is 9.88 Å². The lowest BCUT2D eigenvalue weighted by Crippen LogP contribution is -2.35. The maximum absolute atomic E-state index is 9.68. The Labute approximate surface area is 182 Å². The van der Waals surface area contributed by atoms with Gasteiger partial charge in [-0.1, -0.05) is 42.5 Å². The van der Waals surface area contributed by atoms with Crippen LogP contribution >= 0.6 is 0 Å². The first kappa shape index (κ1) is 19.9. The summed E-state index contributed by atoms with van der Waals surface area (Å²) >= 11 is 0. The number of benzene rings is 2. The zero-order valence-corrected chi connectivity index (χ0v) is 17.7. The van der Waals surface area contributed by atoms with Crippen molar-refractivity contribution in [3.8, 4) is 0 Å². The summed E-state index contributed by atoms with van der Waals surface area (Å²) < 4.78 is 0. The minimum atomic E-state index is -0.119. The third-order valence-corrected chi connectivity index (χ3v) is 6.36. The van der Waals surface area contributed by atoms with E-state index in [1.54, 1.807) is 0 Å². The van der Waals surface area contributed by atoms with Crippen LogP contribution in [0.2, 0.25) is 0 Å². The van der Waals surface area contributed by atoms with Gasteiger partial charge in [0.2, 0.25) is 0 Å². The highest BCUT2D eigenvalue weighted by molar-refractivity contribution is 6.09. The Hall–Kier alpha value is -3.02. The Bertz CT molecular complexity index is 1200. The van der Waals surface area contributed by atoms with Gasteiger partial charge in [-0.2, -0.15) is 0 Å². The summed E-state index contributed by atoms with van der Waals surface area (Å²) in [5, 5.41) is 11.9. The van der Waals surface area contributed by atoms with E-state index in [1.807, 2.05) is 24.4 Å². The molecule has 1 saturated heterocycles. The number of aliphatic hydroxyl groups is 1. The number of nitrogens with two attached hydrogens (primary N) is 1. The monoisotopic (exact) mass is 412 g/mol. The van der Waals surface area contributed by atoms with Gasteiger partial charge in [-0.15, -0.1) is 0 Å². The van der Waals surface area contributed by atoms with E-state index in [2.05, 4.69) is 51.3 Å². The van der Waals surface area contributed by atoms with Gasteiger partial charge in [0.1, 0.15) is 5.52 Å². The number of nitrogen functional groups attached to an aromatic ring is 1. The van der Waals surface area contributed by atoms with Crippen molar-refractivity contribution in [1.82, 2.24) is 14.9 Å². The third-order valence-electron chi connectivity index (χ3n) is 6.36. The first-order valence-electron chi connectivity index (χ1n) is 11.1. The van der Waals surface area contributed by atoms with Crippen LogP contribution in [0.25, 0.3) is 21.8 Å². The molecule has 1 aliphatic rings. The largest absolute Gasteiger partial charge is 0.393 e. The molecule has 31 heavy (non-hydrogen) atoms. The van der Waals surface area contributed by atoms with Gasteiger partial charge in [0.15, 0.2) is 5.82 Å². The van der Waals surface area contributed by atoms with Crippen molar-refractivity contribution < 1.29 is 5.11 Å². The van der Waals surface area contributed by atoms with Crippen LogP contribution in [0.3, 0.4) is 0 Å². The van der Waals surface area contributed by atoms with Crippen molar-refractivity contribution in [2.45, 2.75) is 38.3 Å². The van der Waals surface area contributed by atoms with Crippen LogP contribution in [0.5, 0.6) is 0 Å². The number of pyridine rings is 2. The number of aliphatic hydroxyl groups excluding tert-OH is 1. The first-order chi connectivity index (χ1) is 15.2. The van der Waals surface area contributed by atoms with E-state index in [9.17, 15) is 5.11 Å². The second-order valence-electron chi connectivity index (χ2n) is 8.53. The van der Waals surface area contributed by atoms with Crippen molar-refractivity contribution in [1.29, 1.82) is 0 Å². The highest BCUT2D eigenvalue weighted by atomic mass is 16.3. The average molecular weight is 413 g/mol. The molecule has 0 radical (unpaired) electrons. The van der Waals surface area contributed by atoms with E-state index < -0.39 is 0 Å². The van der Waals surface area contributed by atoms with Crippen LogP contribution in [0, 0.1) is 0 Å². The van der Waals surface area contributed by atoms with E-state index in [-0.39, 0.29) is 6.10 Å². The summed E-state index contributed by atoms with van der Waals surface area (Å²) in [4.78, 5) is 11.5. The van der Waals surface area contributed by atoms with Crippen molar-refractivity contribution in [2.75, 3.05) is 18.8 Å². The van der Waals surface area contributed by atoms with Gasteiger partial charge < -0.3 is 10.8 Å². The molecule has 2 aromatic carbocycles. The number of anilines is 1. The Morgan fingerprint density at radius 3 is 2.48 bits per heavy atom. The molecule has 2 aromatic heterocycles. The number of piperidine rings is 1. The number of hydrogen-bond donors (Lipinski definition) is 2. The maximum atomic E-state index is 9.68. The van der Waals surface area contributed by atoms with Crippen LogP contribution in [-0.2, 0) is 19.4 Å². The minimum absolute atomic E-state index is 0.119. The van der Waals surface area contributed by atoms with E-state index >= 15 is 0 Å². The number of aryl methyl sites for hydroxylation is 2. The number of rotatable bonds is 5. The highest BCUT2D eigenvalue weighted by Crippen LogP contribution is 2.29. The normalized spacial score (nSPS) is 15.6. The zero-order valence-electron chi connectivity index (χ0n) is 17.7. The third kappa shape index (κ3) is 4.24. The van der Waals surface area contributed by atoms with Gasteiger partial charge >= 0.3 is 0 Å². The molecule has 3 heterocycles. The van der Waals surface area contributed by atoms with Gasteiger partial charge in [0.25, 0.3) is 0 Å². The van der Waals surface area contributed by atoms with Crippen molar-refractivity contribution in [2.24, 2.45) is 0 Å². The molecule has 1 fully saturated rings. The van der Waals surface area contributed by atoms with Gasteiger partial charge in [0.05, 0.1) is 11.6 Å². The SMILES string of the molecule is Nc1nc2ccccc2c2c(CCc3ccc(CN4CCC(O)CC4)cc3)ccnc12. The number of fused-ring (bicyclic) bond motifs is 3. The lowest BCUT2D eigenvalue weighted by molar-refractivity contribution is 0.0792. The summed E-state index contributed by atoms with van der Waals surface area (Å²) in [6.45, 7) is 2.91. The molecule has 5 nitrogen and oxygen atoms in total. The lowest BCUT2D eigenvalue weighted by Gasteiger charge is -2.29. The van der Waals surface area contributed by atoms with Gasteiger partial charge in [-0.25, -0.2) is 4.98 Å². The number of nitrogens with zero attached hydrogens (tertiary/aromatic N) is 3. The highest BCUT2D eigenvalue weighted by Gasteiger charge is 2.17. The molecular weight excluding hydrogens is 384 g/mol. The minimum Gasteiger partial charge on any atom is -0.393 e. The summed E-state index contributed by atoms with van der Waals surface area (Å²) in [6, 6.07) is 19.2. The summed E-state index contributed by atoms with van der Waals surface area (Å²) in [5.74, 6) is 0.491. The van der Waals surface area contributed by atoms with Crippen LogP contribution in [-0.4, -0.2) is 39.2 Å². The fourth-order valence-corrected chi connectivity index (χ4v) is 4.60. The van der Waals surface area contributed by atoms with E-state index in [0.29, 0.717) is 5.82 Å². The predicted molar refractivity (Wildman–Crippen MR) is 126 cm³/mol. The molecule has 0 unspecified atom stereocenters. The van der Waals surface area contributed by atoms with Crippen LogP contribution in [0.15, 0.2) is 60.8 Å². The van der Waals surface area contributed by atoms with Crippen molar-refractivity contribution in [3.05, 3.63) is 77.5 Å². The second-order valence-corrected chi connectivity index (χ2v) is 8.53. The Morgan fingerprint density at radius 2 is 1.68 bits per heavy atom. The average Bonchev–Trinajstić information content (AvgIpc) is 2.80. The summed E-state index contributed by atoms with van der Waals surface area (Å²) in [7, 11) is 0. The first-order valence-corrected chi connectivity index (χ1v) is 11.1. The molecule has 0 amide bonds. The molecule has 5 heteroatoms.